The molecule has 1 aromatic rings. The zero-order valence-corrected chi connectivity index (χ0v) is 7.53. The molecule has 1 aromatic heterocycles. The van der Waals surface area contributed by atoms with E-state index in [-0.39, 0.29) is 6.10 Å². The van der Waals surface area contributed by atoms with Gasteiger partial charge < -0.3 is 4.74 Å². The largest absolute Gasteiger partial charge is 0.483 e. The van der Waals surface area contributed by atoms with E-state index in [1.165, 1.54) is 0 Å². The molecule has 1 atom stereocenters. The molecule has 0 saturated carbocycles. The Labute approximate surface area is 72.7 Å². The molecule has 3 heteroatoms. The number of hydrogen-bond donors (Lipinski definition) is 0. The molecule has 0 fully saturated rings. The molecule has 0 amide bonds. The Kier molecular flexibility index (Phi) is 2.91. The fourth-order valence-corrected chi connectivity index (χ4v) is 0.841. The van der Waals surface area contributed by atoms with Crippen LogP contribution in [-0.2, 0) is 6.54 Å². The molecule has 0 radical (unpaired) electrons. The Morgan fingerprint density at radius 3 is 3.08 bits per heavy atom. The summed E-state index contributed by atoms with van der Waals surface area (Å²) in [5, 5.41) is 4.08. The third-order valence-electron chi connectivity index (χ3n) is 1.59. The first kappa shape index (κ1) is 8.84. The summed E-state index contributed by atoms with van der Waals surface area (Å²) in [6, 6.07) is 0. The molecule has 0 aromatic carbocycles. The zero-order valence-electron chi connectivity index (χ0n) is 7.53. The summed E-state index contributed by atoms with van der Waals surface area (Å²) in [6.45, 7) is 8.47. The topological polar surface area (TPSA) is 27.1 Å². The average molecular weight is 166 g/mol. The van der Waals surface area contributed by atoms with E-state index in [9.17, 15) is 0 Å². The number of ether oxygens (including phenoxy) is 1. The summed E-state index contributed by atoms with van der Waals surface area (Å²) < 4.78 is 7.27. The summed E-state index contributed by atoms with van der Waals surface area (Å²) >= 11 is 0. The van der Waals surface area contributed by atoms with Crippen LogP contribution in [0.4, 0.5) is 0 Å². The van der Waals surface area contributed by atoms with Crippen LogP contribution in [0.2, 0.25) is 0 Å². The number of nitrogens with zero attached hydrogens (tertiary/aromatic N) is 2. The van der Waals surface area contributed by atoms with Crippen LogP contribution >= 0.6 is 0 Å². The first-order valence-electron chi connectivity index (χ1n) is 4.08. The Morgan fingerprint density at radius 2 is 2.58 bits per heavy atom. The van der Waals surface area contributed by atoms with Gasteiger partial charge in [0, 0.05) is 6.54 Å². The van der Waals surface area contributed by atoms with Crippen molar-refractivity contribution in [2.45, 2.75) is 26.5 Å². The summed E-state index contributed by atoms with van der Waals surface area (Å²) in [5.74, 6) is 0.796. The lowest BCUT2D eigenvalue weighted by atomic mass is 10.4. The number of aromatic nitrogens is 2. The van der Waals surface area contributed by atoms with E-state index < -0.39 is 0 Å². The Bertz CT molecular complexity index is 255. The van der Waals surface area contributed by atoms with Crippen molar-refractivity contribution in [3.63, 3.8) is 0 Å². The second kappa shape index (κ2) is 3.95. The van der Waals surface area contributed by atoms with E-state index in [0.29, 0.717) is 0 Å². The predicted octanol–water partition coefficient (Wildman–Crippen LogP) is 1.86. The highest BCUT2D eigenvalue weighted by Gasteiger charge is 2.00. The second-order valence-corrected chi connectivity index (χ2v) is 2.59. The molecule has 0 N–H and O–H groups in total. The van der Waals surface area contributed by atoms with Gasteiger partial charge in [0.05, 0.1) is 12.4 Å². The van der Waals surface area contributed by atoms with E-state index in [2.05, 4.69) is 11.7 Å². The SMILES string of the molecule is C=CC(C)Oc1cnn(CC)c1. The number of rotatable bonds is 4. The van der Waals surface area contributed by atoms with Gasteiger partial charge in [-0.3, -0.25) is 4.68 Å². The van der Waals surface area contributed by atoms with Crippen LogP contribution in [0.3, 0.4) is 0 Å². The van der Waals surface area contributed by atoms with Gasteiger partial charge in [-0.15, -0.1) is 0 Å². The van der Waals surface area contributed by atoms with E-state index in [1.54, 1.807) is 12.3 Å². The van der Waals surface area contributed by atoms with Gasteiger partial charge in [-0.2, -0.15) is 5.10 Å². The van der Waals surface area contributed by atoms with Crippen molar-refractivity contribution >= 4 is 0 Å². The van der Waals surface area contributed by atoms with Crippen LogP contribution in [0.15, 0.2) is 25.0 Å². The lowest BCUT2D eigenvalue weighted by molar-refractivity contribution is 0.270. The maximum absolute atomic E-state index is 5.44. The van der Waals surface area contributed by atoms with Gasteiger partial charge in [-0.25, -0.2) is 0 Å². The van der Waals surface area contributed by atoms with Gasteiger partial charge in [0.1, 0.15) is 6.10 Å². The molecule has 1 heterocycles. The van der Waals surface area contributed by atoms with Gasteiger partial charge in [0.25, 0.3) is 0 Å². The minimum atomic E-state index is 0.0412. The summed E-state index contributed by atoms with van der Waals surface area (Å²) in [7, 11) is 0. The number of aryl methyl sites for hydroxylation is 1. The fourth-order valence-electron chi connectivity index (χ4n) is 0.841. The molecule has 3 nitrogen and oxygen atoms in total. The molecule has 1 rings (SSSR count). The minimum Gasteiger partial charge on any atom is -0.483 e. The lowest BCUT2D eigenvalue weighted by Gasteiger charge is -2.06. The van der Waals surface area contributed by atoms with Crippen molar-refractivity contribution in [1.29, 1.82) is 0 Å². The van der Waals surface area contributed by atoms with Crippen LogP contribution < -0.4 is 4.74 Å². The number of hydrogen-bond acceptors (Lipinski definition) is 2. The quantitative estimate of drug-likeness (QED) is 0.638. The van der Waals surface area contributed by atoms with E-state index in [1.807, 2.05) is 24.7 Å². The molecular weight excluding hydrogens is 152 g/mol. The molecule has 12 heavy (non-hydrogen) atoms. The third-order valence-corrected chi connectivity index (χ3v) is 1.59. The highest BCUT2D eigenvalue weighted by molar-refractivity contribution is 5.12. The second-order valence-electron chi connectivity index (χ2n) is 2.59. The van der Waals surface area contributed by atoms with Crippen LogP contribution in [0.25, 0.3) is 0 Å². The molecule has 0 aliphatic heterocycles. The summed E-state index contributed by atoms with van der Waals surface area (Å²) in [4.78, 5) is 0. The lowest BCUT2D eigenvalue weighted by Crippen LogP contribution is -2.06. The van der Waals surface area contributed by atoms with Crippen LogP contribution in [-0.4, -0.2) is 15.9 Å². The van der Waals surface area contributed by atoms with Gasteiger partial charge in [0.2, 0.25) is 0 Å². The van der Waals surface area contributed by atoms with Gasteiger partial charge >= 0.3 is 0 Å². The normalized spacial score (nSPS) is 12.5. The van der Waals surface area contributed by atoms with Crippen molar-refractivity contribution in [3.8, 4) is 5.75 Å². The fraction of sp³-hybridized carbons (Fsp3) is 0.444. The minimum absolute atomic E-state index is 0.0412. The van der Waals surface area contributed by atoms with Crippen molar-refractivity contribution in [1.82, 2.24) is 9.78 Å². The molecule has 0 aliphatic carbocycles. The van der Waals surface area contributed by atoms with Gasteiger partial charge in [0.15, 0.2) is 5.75 Å². The van der Waals surface area contributed by atoms with E-state index in [4.69, 9.17) is 4.74 Å². The van der Waals surface area contributed by atoms with Crippen molar-refractivity contribution < 1.29 is 4.74 Å². The molecule has 0 bridgehead atoms. The molecule has 66 valence electrons. The van der Waals surface area contributed by atoms with Gasteiger partial charge in [-0.05, 0) is 13.8 Å². The van der Waals surface area contributed by atoms with Crippen LogP contribution in [0.1, 0.15) is 13.8 Å². The van der Waals surface area contributed by atoms with Crippen molar-refractivity contribution in [2.24, 2.45) is 0 Å². The average Bonchev–Trinajstić information content (AvgIpc) is 2.52. The van der Waals surface area contributed by atoms with E-state index >= 15 is 0 Å². The standard InChI is InChI=1S/C9H14N2O/c1-4-8(3)12-9-6-10-11(5-2)7-9/h4,6-8H,1,5H2,2-3H3. The Hall–Kier alpha value is -1.25. The first-order chi connectivity index (χ1) is 5.76. The van der Waals surface area contributed by atoms with E-state index in [0.717, 1.165) is 12.3 Å². The first-order valence-corrected chi connectivity index (χ1v) is 4.08. The molecule has 0 aliphatic rings. The highest BCUT2D eigenvalue weighted by Crippen LogP contribution is 2.10. The summed E-state index contributed by atoms with van der Waals surface area (Å²) in [6.07, 6.45) is 5.38. The maximum Gasteiger partial charge on any atom is 0.158 e. The smallest absolute Gasteiger partial charge is 0.158 e. The predicted molar refractivity (Wildman–Crippen MR) is 48.2 cm³/mol. The molecular formula is C9H14N2O. The molecule has 0 saturated heterocycles. The monoisotopic (exact) mass is 166 g/mol. The Morgan fingerprint density at radius 1 is 1.83 bits per heavy atom. The van der Waals surface area contributed by atoms with Crippen molar-refractivity contribution in [2.75, 3.05) is 0 Å². The highest BCUT2D eigenvalue weighted by atomic mass is 16.5. The third kappa shape index (κ3) is 2.12. The summed E-state index contributed by atoms with van der Waals surface area (Å²) in [5.41, 5.74) is 0. The van der Waals surface area contributed by atoms with Crippen LogP contribution in [0, 0.1) is 0 Å². The Balaban J connectivity index is 2.57. The van der Waals surface area contributed by atoms with Crippen molar-refractivity contribution in [3.05, 3.63) is 25.0 Å². The van der Waals surface area contributed by atoms with Gasteiger partial charge in [-0.1, -0.05) is 12.7 Å². The van der Waals surface area contributed by atoms with Crippen LogP contribution in [0.5, 0.6) is 5.75 Å². The molecule has 0 spiro atoms. The zero-order chi connectivity index (χ0) is 8.97. The maximum atomic E-state index is 5.44. The molecule has 1 unspecified atom stereocenters.